The summed E-state index contributed by atoms with van der Waals surface area (Å²) in [6, 6.07) is 7.55. The molecule has 1 saturated heterocycles. The lowest BCUT2D eigenvalue weighted by molar-refractivity contribution is -0.134. The van der Waals surface area contributed by atoms with Gasteiger partial charge in [-0.1, -0.05) is 32.9 Å². The first-order valence-electron chi connectivity index (χ1n) is 11.0. The fraction of sp³-hybridized carbons (Fsp3) is 0.609. The molecule has 1 unspecified atom stereocenters. The molecule has 1 fully saturated rings. The minimum absolute atomic E-state index is 0.0168. The van der Waals surface area contributed by atoms with Gasteiger partial charge in [0.2, 0.25) is 5.91 Å². The monoisotopic (exact) mass is 414 g/mol. The van der Waals surface area contributed by atoms with E-state index in [1.807, 2.05) is 29.2 Å². The molecule has 7 nitrogen and oxygen atoms in total. The summed E-state index contributed by atoms with van der Waals surface area (Å²) in [7, 11) is 1.64. The van der Waals surface area contributed by atoms with Gasteiger partial charge in [-0.25, -0.2) is 4.98 Å². The van der Waals surface area contributed by atoms with Gasteiger partial charge in [0.1, 0.15) is 5.82 Å². The Kier molecular flexibility index (Phi) is 7.61. The van der Waals surface area contributed by atoms with E-state index >= 15 is 0 Å². The van der Waals surface area contributed by atoms with Crippen molar-refractivity contribution in [3.63, 3.8) is 0 Å². The van der Waals surface area contributed by atoms with Crippen molar-refractivity contribution in [3.05, 3.63) is 40.4 Å². The Balaban J connectivity index is 1.87. The predicted molar refractivity (Wildman–Crippen MR) is 119 cm³/mol. The highest BCUT2D eigenvalue weighted by Crippen LogP contribution is 2.25. The quantitative estimate of drug-likeness (QED) is 0.664. The van der Waals surface area contributed by atoms with Gasteiger partial charge in [-0.05, 0) is 24.5 Å². The maximum atomic E-state index is 13.2. The zero-order valence-electron chi connectivity index (χ0n) is 18.6. The second kappa shape index (κ2) is 10.2. The zero-order valence-corrected chi connectivity index (χ0v) is 18.6. The van der Waals surface area contributed by atoms with Crippen molar-refractivity contribution in [3.8, 4) is 0 Å². The van der Waals surface area contributed by atoms with Crippen LogP contribution < -0.4 is 5.56 Å². The lowest BCUT2D eigenvalue weighted by atomic mass is 10.1. The molecule has 1 aliphatic heterocycles. The van der Waals surface area contributed by atoms with Crippen molar-refractivity contribution >= 4 is 16.8 Å². The van der Waals surface area contributed by atoms with Crippen LogP contribution in [0.1, 0.15) is 45.5 Å². The topological polar surface area (TPSA) is 67.7 Å². The highest BCUT2D eigenvalue weighted by atomic mass is 16.5. The molecule has 1 atom stereocenters. The first kappa shape index (κ1) is 22.4. The molecule has 1 amide bonds. The molecule has 0 radical (unpaired) electrons. The highest BCUT2D eigenvalue weighted by molar-refractivity contribution is 5.77. The van der Waals surface area contributed by atoms with Crippen molar-refractivity contribution < 1.29 is 9.53 Å². The molecule has 0 saturated carbocycles. The Morgan fingerprint density at radius 2 is 1.87 bits per heavy atom. The second-order valence-corrected chi connectivity index (χ2v) is 8.38. The third-order valence-corrected chi connectivity index (χ3v) is 5.79. The average Bonchev–Trinajstić information content (AvgIpc) is 2.74. The molecule has 1 aliphatic rings. The number of benzene rings is 1. The normalized spacial score (nSPS) is 16.4. The predicted octanol–water partition coefficient (Wildman–Crippen LogP) is 2.68. The van der Waals surface area contributed by atoms with Crippen LogP contribution in [0.2, 0.25) is 0 Å². The van der Waals surface area contributed by atoms with Crippen LogP contribution in [0, 0.1) is 5.92 Å². The van der Waals surface area contributed by atoms with Crippen LogP contribution in [0.4, 0.5) is 0 Å². The number of nitrogens with zero attached hydrogens (tertiary/aromatic N) is 4. The van der Waals surface area contributed by atoms with Gasteiger partial charge in [0.25, 0.3) is 5.56 Å². The van der Waals surface area contributed by atoms with Crippen molar-refractivity contribution in [2.75, 3.05) is 39.9 Å². The molecule has 0 aliphatic carbocycles. The fourth-order valence-corrected chi connectivity index (χ4v) is 4.20. The van der Waals surface area contributed by atoms with Crippen LogP contribution in [-0.2, 0) is 16.1 Å². The molecule has 0 spiro atoms. The summed E-state index contributed by atoms with van der Waals surface area (Å²) in [5, 5.41) is 0.635. The summed E-state index contributed by atoms with van der Waals surface area (Å²) in [5.41, 5.74) is 0.715. The van der Waals surface area contributed by atoms with Crippen molar-refractivity contribution in [1.29, 1.82) is 0 Å². The van der Waals surface area contributed by atoms with E-state index in [9.17, 15) is 9.59 Å². The molecule has 7 heteroatoms. The summed E-state index contributed by atoms with van der Waals surface area (Å²) in [5.74, 6) is 1.40. The van der Waals surface area contributed by atoms with Gasteiger partial charge < -0.3 is 9.64 Å². The van der Waals surface area contributed by atoms with E-state index < -0.39 is 0 Å². The molecule has 30 heavy (non-hydrogen) atoms. The van der Waals surface area contributed by atoms with Crippen LogP contribution in [0.5, 0.6) is 0 Å². The van der Waals surface area contributed by atoms with E-state index in [1.54, 1.807) is 11.7 Å². The first-order chi connectivity index (χ1) is 14.5. The molecular weight excluding hydrogens is 380 g/mol. The number of para-hydroxylation sites is 1. The minimum atomic E-state index is -0.0168. The van der Waals surface area contributed by atoms with Gasteiger partial charge in [0.05, 0.1) is 30.1 Å². The van der Waals surface area contributed by atoms with Crippen molar-refractivity contribution in [2.24, 2.45) is 5.92 Å². The van der Waals surface area contributed by atoms with Gasteiger partial charge in [0.15, 0.2) is 0 Å². The molecule has 1 aromatic carbocycles. The Bertz CT molecular complexity index is 916. The van der Waals surface area contributed by atoms with Gasteiger partial charge in [0, 0.05) is 39.7 Å². The summed E-state index contributed by atoms with van der Waals surface area (Å²) in [6.45, 7) is 10.2. The van der Waals surface area contributed by atoms with E-state index in [1.165, 1.54) is 0 Å². The Morgan fingerprint density at radius 1 is 1.17 bits per heavy atom. The maximum absolute atomic E-state index is 13.2. The molecule has 3 rings (SSSR count). The number of carbonyl (C=O) groups excluding carboxylic acids is 1. The number of amides is 1. The van der Waals surface area contributed by atoms with Gasteiger partial charge in [-0.3, -0.25) is 19.1 Å². The number of carbonyl (C=O) groups is 1. The smallest absolute Gasteiger partial charge is 0.261 e. The summed E-state index contributed by atoms with van der Waals surface area (Å²) in [6.07, 6.45) is 1.44. The standard InChI is InChI=1S/C23H34N4O3/c1-5-20(25-10-12-26(13-11-25)21(28)16-17(2)3)22-24-19-9-7-6-8-18(19)23(29)27(22)14-15-30-4/h6-9,17,20H,5,10-16H2,1-4H3. The Hall–Kier alpha value is -2.25. The number of hydrogen-bond donors (Lipinski definition) is 0. The van der Waals surface area contributed by atoms with Gasteiger partial charge >= 0.3 is 0 Å². The van der Waals surface area contributed by atoms with E-state index in [2.05, 4.69) is 25.7 Å². The number of aromatic nitrogens is 2. The second-order valence-electron chi connectivity index (χ2n) is 8.38. The molecule has 0 bridgehead atoms. The van der Waals surface area contributed by atoms with Crippen molar-refractivity contribution in [1.82, 2.24) is 19.4 Å². The van der Waals surface area contributed by atoms with E-state index in [0.29, 0.717) is 30.9 Å². The molecular formula is C23H34N4O3. The largest absolute Gasteiger partial charge is 0.383 e. The number of rotatable bonds is 8. The van der Waals surface area contributed by atoms with Crippen LogP contribution in [-0.4, -0.2) is 65.2 Å². The summed E-state index contributed by atoms with van der Waals surface area (Å²) in [4.78, 5) is 34.9. The lowest BCUT2D eigenvalue weighted by Gasteiger charge is -2.39. The SMILES string of the molecule is CCC(c1nc2ccccc2c(=O)n1CCOC)N1CCN(C(=O)CC(C)C)CC1. The molecule has 164 valence electrons. The number of ether oxygens (including phenoxy) is 1. The Labute approximate surface area is 178 Å². The molecule has 2 aromatic rings. The third kappa shape index (κ3) is 4.90. The van der Waals surface area contributed by atoms with Gasteiger partial charge in [-0.2, -0.15) is 0 Å². The van der Waals surface area contributed by atoms with E-state index in [0.717, 1.165) is 43.9 Å². The third-order valence-electron chi connectivity index (χ3n) is 5.79. The van der Waals surface area contributed by atoms with Crippen LogP contribution in [0.3, 0.4) is 0 Å². The average molecular weight is 415 g/mol. The molecule has 1 aromatic heterocycles. The maximum Gasteiger partial charge on any atom is 0.261 e. The lowest BCUT2D eigenvalue weighted by Crippen LogP contribution is -2.50. The van der Waals surface area contributed by atoms with E-state index in [4.69, 9.17) is 9.72 Å². The highest BCUT2D eigenvalue weighted by Gasteiger charge is 2.29. The fourth-order valence-electron chi connectivity index (χ4n) is 4.20. The number of fused-ring (bicyclic) bond motifs is 1. The van der Waals surface area contributed by atoms with E-state index in [-0.39, 0.29) is 17.5 Å². The first-order valence-corrected chi connectivity index (χ1v) is 11.0. The van der Waals surface area contributed by atoms with Crippen LogP contribution in [0.25, 0.3) is 10.9 Å². The minimum Gasteiger partial charge on any atom is -0.383 e. The van der Waals surface area contributed by atoms with Crippen LogP contribution >= 0.6 is 0 Å². The van der Waals surface area contributed by atoms with Crippen molar-refractivity contribution in [2.45, 2.75) is 46.2 Å². The number of piperazine rings is 1. The molecule has 2 heterocycles. The molecule has 0 N–H and O–H groups in total. The zero-order chi connectivity index (χ0) is 21.7. The number of methoxy groups -OCH3 is 1. The Morgan fingerprint density at radius 3 is 2.50 bits per heavy atom. The summed E-state index contributed by atoms with van der Waals surface area (Å²) >= 11 is 0. The van der Waals surface area contributed by atoms with Crippen LogP contribution in [0.15, 0.2) is 29.1 Å². The van der Waals surface area contributed by atoms with Gasteiger partial charge in [-0.15, -0.1) is 0 Å². The summed E-state index contributed by atoms with van der Waals surface area (Å²) < 4.78 is 7.03. The number of hydrogen-bond acceptors (Lipinski definition) is 5.